The Morgan fingerprint density at radius 1 is 1.11 bits per heavy atom. The second-order valence-corrected chi connectivity index (χ2v) is 8.40. The molecule has 4 nitrogen and oxygen atoms in total. The van der Waals surface area contributed by atoms with Crippen molar-refractivity contribution in [2.75, 3.05) is 24.4 Å². The molecule has 0 saturated carbocycles. The van der Waals surface area contributed by atoms with Gasteiger partial charge in [0.15, 0.2) is 0 Å². The van der Waals surface area contributed by atoms with E-state index in [0.29, 0.717) is 0 Å². The van der Waals surface area contributed by atoms with Crippen molar-refractivity contribution in [2.45, 2.75) is 19.8 Å². The second-order valence-electron chi connectivity index (χ2n) is 6.40. The van der Waals surface area contributed by atoms with Gasteiger partial charge in [0.1, 0.15) is 0 Å². The highest BCUT2D eigenvalue weighted by atomic mass is 79.9. The third-order valence-electron chi connectivity index (χ3n) is 4.08. The van der Waals surface area contributed by atoms with Gasteiger partial charge < -0.3 is 4.90 Å². The summed E-state index contributed by atoms with van der Waals surface area (Å²) in [5.41, 5.74) is 7.48. The molecule has 0 atom stereocenters. The van der Waals surface area contributed by atoms with Crippen LogP contribution in [0.2, 0.25) is 0 Å². The van der Waals surface area contributed by atoms with Crippen LogP contribution in [0.1, 0.15) is 23.8 Å². The fourth-order valence-corrected chi connectivity index (χ4v) is 3.95. The summed E-state index contributed by atoms with van der Waals surface area (Å²) < 4.78 is 1.07. The molecule has 0 aliphatic carbocycles. The average molecular weight is 443 g/mol. The number of rotatable bonds is 7. The van der Waals surface area contributed by atoms with E-state index in [1.54, 1.807) is 11.3 Å². The number of halogens is 1. The van der Waals surface area contributed by atoms with Crippen LogP contribution in [0.4, 0.5) is 10.8 Å². The third kappa shape index (κ3) is 5.17. The fraction of sp³-hybridized carbons (Fsp3) is 0.238. The zero-order chi connectivity index (χ0) is 19.2. The Balaban J connectivity index is 1.74. The van der Waals surface area contributed by atoms with E-state index in [0.717, 1.165) is 39.3 Å². The van der Waals surface area contributed by atoms with Gasteiger partial charge in [-0.15, -0.1) is 0 Å². The minimum absolute atomic E-state index is 0.817. The molecule has 0 aliphatic heterocycles. The van der Waals surface area contributed by atoms with Crippen molar-refractivity contribution < 1.29 is 0 Å². The van der Waals surface area contributed by atoms with Crippen molar-refractivity contribution >= 4 is 44.3 Å². The molecule has 0 fully saturated rings. The maximum absolute atomic E-state index is 4.77. The predicted octanol–water partition coefficient (Wildman–Crippen LogP) is 6.04. The second kappa shape index (κ2) is 9.15. The molecule has 3 rings (SSSR count). The van der Waals surface area contributed by atoms with Gasteiger partial charge in [-0.25, -0.2) is 4.98 Å². The third-order valence-corrected chi connectivity index (χ3v) is 5.62. The van der Waals surface area contributed by atoms with Crippen LogP contribution in [0.5, 0.6) is 0 Å². The van der Waals surface area contributed by atoms with E-state index in [-0.39, 0.29) is 0 Å². The number of nitrogens with one attached hydrogen (secondary N) is 1. The first-order chi connectivity index (χ1) is 13.1. The number of hydrogen-bond acceptors (Lipinski definition) is 5. The SMILES string of the molecule is CCCc1sc(N/N=C/c2ccc(N(C)C)cc2)nc1-c1ccc(Br)cc1. The van der Waals surface area contributed by atoms with Gasteiger partial charge in [-0.1, -0.05) is 64.9 Å². The van der Waals surface area contributed by atoms with Crippen LogP contribution in [0.25, 0.3) is 11.3 Å². The summed E-state index contributed by atoms with van der Waals surface area (Å²) in [4.78, 5) is 8.13. The molecule has 0 aliphatic rings. The first kappa shape index (κ1) is 19.6. The van der Waals surface area contributed by atoms with Gasteiger partial charge in [0.05, 0.1) is 11.9 Å². The standard InChI is InChI=1S/C21H23BrN4S/c1-4-5-19-20(16-8-10-17(22)11-9-16)24-21(27-19)25-23-14-15-6-12-18(13-7-15)26(2)3/h6-14H,4-5H2,1-3H3,(H,24,25)/b23-14+. The van der Waals surface area contributed by atoms with Gasteiger partial charge in [0, 0.05) is 34.7 Å². The van der Waals surface area contributed by atoms with Crippen LogP contribution in [0, 0.1) is 0 Å². The van der Waals surface area contributed by atoms with E-state index in [1.165, 1.54) is 10.6 Å². The molecule has 0 spiro atoms. The number of nitrogens with zero attached hydrogens (tertiary/aromatic N) is 3. The molecule has 0 amide bonds. The van der Waals surface area contributed by atoms with Gasteiger partial charge in [0.25, 0.3) is 0 Å². The van der Waals surface area contributed by atoms with Crippen molar-refractivity contribution in [1.82, 2.24) is 4.98 Å². The van der Waals surface area contributed by atoms with E-state index >= 15 is 0 Å². The van der Waals surface area contributed by atoms with Crippen molar-refractivity contribution in [2.24, 2.45) is 5.10 Å². The highest BCUT2D eigenvalue weighted by Gasteiger charge is 2.12. The highest BCUT2D eigenvalue weighted by molar-refractivity contribution is 9.10. The number of aromatic nitrogens is 1. The van der Waals surface area contributed by atoms with Crippen LogP contribution in [-0.4, -0.2) is 25.3 Å². The quantitative estimate of drug-likeness (QED) is 0.358. The molecule has 0 radical (unpaired) electrons. The Hall–Kier alpha value is -2.18. The average Bonchev–Trinajstić information content (AvgIpc) is 3.06. The van der Waals surface area contributed by atoms with Crippen LogP contribution in [-0.2, 0) is 6.42 Å². The van der Waals surface area contributed by atoms with E-state index < -0.39 is 0 Å². The summed E-state index contributed by atoms with van der Waals surface area (Å²) in [6.07, 6.45) is 3.92. The summed E-state index contributed by atoms with van der Waals surface area (Å²) in [7, 11) is 4.06. The van der Waals surface area contributed by atoms with Crippen LogP contribution in [0.15, 0.2) is 58.1 Å². The number of anilines is 2. The molecule has 1 N–H and O–H groups in total. The number of hydrogen-bond donors (Lipinski definition) is 1. The maximum Gasteiger partial charge on any atom is 0.204 e. The van der Waals surface area contributed by atoms with Crippen molar-refractivity contribution in [3.8, 4) is 11.3 Å². The summed E-state index contributed by atoms with van der Waals surface area (Å²) >= 11 is 5.16. The zero-order valence-corrected chi connectivity index (χ0v) is 18.1. The molecule has 1 aromatic heterocycles. The van der Waals surface area contributed by atoms with Gasteiger partial charge in [-0.2, -0.15) is 5.10 Å². The Bertz CT molecular complexity index is 899. The Morgan fingerprint density at radius 3 is 2.44 bits per heavy atom. The first-order valence-corrected chi connectivity index (χ1v) is 10.5. The van der Waals surface area contributed by atoms with Crippen molar-refractivity contribution in [3.05, 3.63) is 63.4 Å². The van der Waals surface area contributed by atoms with Gasteiger partial charge >= 0.3 is 0 Å². The molecular formula is C21H23BrN4S. The van der Waals surface area contributed by atoms with E-state index in [1.807, 2.05) is 32.4 Å². The first-order valence-electron chi connectivity index (χ1n) is 8.89. The molecule has 2 aromatic carbocycles. The molecule has 0 bridgehead atoms. The summed E-state index contributed by atoms with van der Waals surface area (Å²) in [5, 5.41) is 5.18. The van der Waals surface area contributed by atoms with E-state index in [2.05, 4.69) is 74.7 Å². The monoisotopic (exact) mass is 442 g/mol. The van der Waals surface area contributed by atoms with Crippen molar-refractivity contribution in [3.63, 3.8) is 0 Å². The lowest BCUT2D eigenvalue weighted by atomic mass is 10.1. The van der Waals surface area contributed by atoms with Gasteiger partial charge in [-0.3, -0.25) is 5.43 Å². The van der Waals surface area contributed by atoms with Crippen LogP contribution < -0.4 is 10.3 Å². The van der Waals surface area contributed by atoms with Crippen LogP contribution >= 0.6 is 27.3 Å². The summed E-state index contributed by atoms with van der Waals surface area (Å²) in [6.45, 7) is 2.19. The smallest absolute Gasteiger partial charge is 0.204 e. The number of thiazole rings is 1. The lowest BCUT2D eigenvalue weighted by molar-refractivity contribution is 0.938. The summed E-state index contributed by atoms with van der Waals surface area (Å²) in [6, 6.07) is 16.6. The number of benzene rings is 2. The zero-order valence-electron chi connectivity index (χ0n) is 15.7. The molecule has 0 unspecified atom stereocenters. The maximum atomic E-state index is 4.77. The lowest BCUT2D eigenvalue weighted by Crippen LogP contribution is -2.08. The topological polar surface area (TPSA) is 40.5 Å². The number of hydrazone groups is 1. The predicted molar refractivity (Wildman–Crippen MR) is 121 cm³/mol. The van der Waals surface area contributed by atoms with E-state index in [4.69, 9.17) is 4.98 Å². The number of aryl methyl sites for hydroxylation is 1. The Morgan fingerprint density at radius 2 is 1.81 bits per heavy atom. The van der Waals surface area contributed by atoms with Gasteiger partial charge in [-0.05, 0) is 36.2 Å². The molecule has 140 valence electrons. The molecular weight excluding hydrogens is 420 g/mol. The van der Waals surface area contributed by atoms with E-state index in [9.17, 15) is 0 Å². The van der Waals surface area contributed by atoms with Crippen molar-refractivity contribution in [1.29, 1.82) is 0 Å². The Labute approximate surface area is 173 Å². The minimum Gasteiger partial charge on any atom is -0.378 e. The highest BCUT2D eigenvalue weighted by Crippen LogP contribution is 2.32. The largest absolute Gasteiger partial charge is 0.378 e. The molecule has 6 heteroatoms. The Kier molecular flexibility index (Phi) is 6.63. The van der Waals surface area contributed by atoms with Crippen LogP contribution in [0.3, 0.4) is 0 Å². The normalized spacial score (nSPS) is 11.1. The molecule has 1 heterocycles. The fourth-order valence-electron chi connectivity index (χ4n) is 2.65. The lowest BCUT2D eigenvalue weighted by Gasteiger charge is -2.11. The summed E-state index contributed by atoms with van der Waals surface area (Å²) in [5.74, 6) is 0. The minimum atomic E-state index is 0.817. The molecule has 0 saturated heterocycles. The van der Waals surface area contributed by atoms with Gasteiger partial charge in [0.2, 0.25) is 5.13 Å². The molecule has 27 heavy (non-hydrogen) atoms. The molecule has 3 aromatic rings.